The number of nitrogens with zero attached hydrogens (tertiary/aromatic N) is 4. The minimum absolute atomic E-state index is 0.0297. The number of amides is 1. The zero-order chi connectivity index (χ0) is 22.5. The molecule has 8 heteroatoms. The van der Waals surface area contributed by atoms with E-state index in [9.17, 15) is 9.59 Å². The maximum Gasteiger partial charge on any atom is 0.306 e. The van der Waals surface area contributed by atoms with E-state index in [1.54, 1.807) is 6.92 Å². The monoisotopic (exact) mass is 458 g/mol. The van der Waals surface area contributed by atoms with Crippen LogP contribution in [0.15, 0.2) is 0 Å². The first-order chi connectivity index (χ1) is 15.6. The van der Waals surface area contributed by atoms with Crippen molar-refractivity contribution in [3.63, 3.8) is 0 Å². The summed E-state index contributed by atoms with van der Waals surface area (Å²) in [5.74, 6) is 1.74. The highest BCUT2D eigenvalue weighted by Gasteiger charge is 2.27. The predicted molar refractivity (Wildman–Crippen MR) is 127 cm³/mol. The highest BCUT2D eigenvalue weighted by atomic mass is 32.1. The maximum atomic E-state index is 12.6. The molecule has 3 heterocycles. The molecule has 0 bridgehead atoms. The SMILES string of the molecule is CCCCc1nc(N2CCN(C(=O)CCC(=O)OCC)CC2)c2c3c(sc2n1)CCCC3. The number of thiophene rings is 1. The molecule has 32 heavy (non-hydrogen) atoms. The van der Waals surface area contributed by atoms with Crippen molar-refractivity contribution in [1.82, 2.24) is 14.9 Å². The quantitative estimate of drug-likeness (QED) is 0.559. The molecule has 1 aliphatic heterocycles. The van der Waals surface area contributed by atoms with Crippen molar-refractivity contribution in [1.29, 1.82) is 0 Å². The Morgan fingerprint density at radius 2 is 1.81 bits per heavy atom. The largest absolute Gasteiger partial charge is 0.466 e. The number of rotatable bonds is 8. The van der Waals surface area contributed by atoms with Crippen LogP contribution in [0.5, 0.6) is 0 Å². The number of piperazine rings is 1. The summed E-state index contributed by atoms with van der Waals surface area (Å²) in [4.78, 5) is 41.0. The molecule has 2 aromatic rings. The van der Waals surface area contributed by atoms with Gasteiger partial charge in [-0.05, 0) is 44.6 Å². The van der Waals surface area contributed by atoms with Crippen molar-refractivity contribution in [2.24, 2.45) is 0 Å². The molecular weight excluding hydrogens is 424 g/mol. The second kappa shape index (κ2) is 10.6. The minimum atomic E-state index is -0.301. The van der Waals surface area contributed by atoms with Gasteiger partial charge >= 0.3 is 5.97 Å². The standard InChI is InChI=1S/C24H34N4O3S/c1-3-5-10-19-25-23(22-17-8-6-7-9-18(17)32-24(22)26-19)28-15-13-27(14-16-28)20(29)11-12-21(30)31-4-2/h3-16H2,1-2H3. The van der Waals surface area contributed by atoms with E-state index in [1.165, 1.54) is 28.7 Å². The van der Waals surface area contributed by atoms with E-state index >= 15 is 0 Å². The molecule has 0 saturated carbocycles. The molecule has 2 aliphatic rings. The molecule has 0 N–H and O–H groups in total. The number of ether oxygens (including phenoxy) is 1. The molecule has 1 fully saturated rings. The maximum absolute atomic E-state index is 12.6. The van der Waals surface area contributed by atoms with Crippen LogP contribution in [0.25, 0.3) is 10.2 Å². The van der Waals surface area contributed by atoms with E-state index in [2.05, 4.69) is 11.8 Å². The summed E-state index contributed by atoms with van der Waals surface area (Å²) in [5.41, 5.74) is 1.46. The Morgan fingerprint density at radius 3 is 2.56 bits per heavy atom. The minimum Gasteiger partial charge on any atom is -0.466 e. The van der Waals surface area contributed by atoms with E-state index in [0.717, 1.165) is 61.7 Å². The number of carbonyl (C=O) groups is 2. The Balaban J connectivity index is 1.50. The first-order valence-corrected chi connectivity index (χ1v) is 12.9. The molecular formula is C24H34N4O3S. The van der Waals surface area contributed by atoms with Crippen LogP contribution in [0, 0.1) is 0 Å². The molecule has 2 aromatic heterocycles. The van der Waals surface area contributed by atoms with Crippen molar-refractivity contribution in [2.45, 2.75) is 71.6 Å². The summed E-state index contributed by atoms with van der Waals surface area (Å²) < 4.78 is 4.94. The van der Waals surface area contributed by atoms with Gasteiger partial charge in [0.25, 0.3) is 0 Å². The van der Waals surface area contributed by atoms with E-state index < -0.39 is 0 Å². The van der Waals surface area contributed by atoms with Crippen LogP contribution >= 0.6 is 11.3 Å². The molecule has 174 valence electrons. The summed E-state index contributed by atoms with van der Waals surface area (Å²) in [6, 6.07) is 0. The van der Waals surface area contributed by atoms with Crippen LogP contribution in [0.4, 0.5) is 5.82 Å². The van der Waals surface area contributed by atoms with Crippen LogP contribution in [-0.2, 0) is 33.6 Å². The zero-order valence-electron chi connectivity index (χ0n) is 19.3. The molecule has 0 radical (unpaired) electrons. The third-order valence-corrected chi connectivity index (χ3v) is 7.56. The Bertz CT molecular complexity index is 966. The first kappa shape index (κ1) is 23.0. The van der Waals surface area contributed by atoms with Crippen molar-refractivity contribution < 1.29 is 14.3 Å². The fourth-order valence-electron chi connectivity index (χ4n) is 4.62. The predicted octanol–water partition coefficient (Wildman–Crippen LogP) is 3.90. The van der Waals surface area contributed by atoms with Crippen LogP contribution in [0.2, 0.25) is 0 Å². The number of hydrogen-bond donors (Lipinski definition) is 0. The number of anilines is 1. The number of esters is 1. The number of unbranched alkanes of at least 4 members (excludes halogenated alkanes) is 1. The van der Waals surface area contributed by atoms with Crippen molar-refractivity contribution in [3.05, 3.63) is 16.3 Å². The average molecular weight is 459 g/mol. The summed E-state index contributed by atoms with van der Waals surface area (Å²) in [6.45, 7) is 7.16. The molecule has 1 amide bonds. The fraction of sp³-hybridized carbons (Fsp3) is 0.667. The lowest BCUT2D eigenvalue weighted by molar-refractivity contribution is -0.145. The average Bonchev–Trinajstić information content (AvgIpc) is 3.19. The summed E-state index contributed by atoms with van der Waals surface area (Å²) in [6.07, 6.45) is 8.28. The lowest BCUT2D eigenvalue weighted by atomic mass is 9.97. The molecule has 0 aromatic carbocycles. The van der Waals surface area contributed by atoms with Gasteiger partial charge in [-0.25, -0.2) is 9.97 Å². The molecule has 7 nitrogen and oxygen atoms in total. The molecule has 1 aliphatic carbocycles. The first-order valence-electron chi connectivity index (χ1n) is 12.1. The van der Waals surface area contributed by atoms with Gasteiger partial charge in [0.1, 0.15) is 16.5 Å². The summed E-state index contributed by atoms with van der Waals surface area (Å²) in [5, 5.41) is 1.26. The second-order valence-electron chi connectivity index (χ2n) is 8.63. The molecule has 0 spiro atoms. The van der Waals surface area contributed by atoms with Crippen LogP contribution in [0.3, 0.4) is 0 Å². The number of aromatic nitrogens is 2. The van der Waals surface area contributed by atoms with Gasteiger partial charge in [-0.15, -0.1) is 11.3 Å². The lowest BCUT2D eigenvalue weighted by Crippen LogP contribution is -2.49. The van der Waals surface area contributed by atoms with Crippen LogP contribution in [-0.4, -0.2) is 59.5 Å². The third kappa shape index (κ3) is 5.05. The van der Waals surface area contributed by atoms with Gasteiger partial charge in [-0.3, -0.25) is 9.59 Å². The Labute approximate surface area is 194 Å². The topological polar surface area (TPSA) is 75.6 Å². The summed E-state index contributed by atoms with van der Waals surface area (Å²) >= 11 is 1.86. The van der Waals surface area contributed by atoms with Crippen LogP contribution in [0.1, 0.15) is 68.6 Å². The molecule has 4 rings (SSSR count). The van der Waals surface area contributed by atoms with Gasteiger partial charge in [0, 0.05) is 43.9 Å². The zero-order valence-corrected chi connectivity index (χ0v) is 20.1. The Morgan fingerprint density at radius 1 is 1.03 bits per heavy atom. The van der Waals surface area contributed by atoms with Crippen LogP contribution < -0.4 is 4.90 Å². The van der Waals surface area contributed by atoms with Gasteiger partial charge in [0.05, 0.1) is 18.4 Å². The number of fused-ring (bicyclic) bond motifs is 3. The second-order valence-corrected chi connectivity index (χ2v) is 9.71. The van der Waals surface area contributed by atoms with Gasteiger partial charge < -0.3 is 14.5 Å². The fourth-order valence-corrected chi connectivity index (χ4v) is 5.90. The van der Waals surface area contributed by atoms with E-state index in [4.69, 9.17) is 14.7 Å². The molecule has 1 saturated heterocycles. The van der Waals surface area contributed by atoms with Gasteiger partial charge in [0.2, 0.25) is 5.91 Å². The van der Waals surface area contributed by atoms with Crippen molar-refractivity contribution >= 4 is 39.2 Å². The highest BCUT2D eigenvalue weighted by molar-refractivity contribution is 7.19. The lowest BCUT2D eigenvalue weighted by Gasteiger charge is -2.36. The highest BCUT2D eigenvalue weighted by Crippen LogP contribution is 2.40. The van der Waals surface area contributed by atoms with E-state index in [1.807, 2.05) is 16.2 Å². The number of carbonyl (C=O) groups excluding carboxylic acids is 2. The van der Waals surface area contributed by atoms with Gasteiger partial charge in [-0.1, -0.05) is 13.3 Å². The third-order valence-electron chi connectivity index (χ3n) is 6.38. The van der Waals surface area contributed by atoms with Gasteiger partial charge in [0.15, 0.2) is 0 Å². The molecule has 0 unspecified atom stereocenters. The smallest absolute Gasteiger partial charge is 0.306 e. The van der Waals surface area contributed by atoms with E-state index in [-0.39, 0.29) is 24.7 Å². The summed E-state index contributed by atoms with van der Waals surface area (Å²) in [7, 11) is 0. The molecule has 0 atom stereocenters. The normalized spacial score (nSPS) is 16.3. The van der Waals surface area contributed by atoms with E-state index in [0.29, 0.717) is 19.7 Å². The Kier molecular flexibility index (Phi) is 7.60. The number of hydrogen-bond acceptors (Lipinski definition) is 7. The van der Waals surface area contributed by atoms with Gasteiger partial charge in [-0.2, -0.15) is 0 Å². The Hall–Kier alpha value is -2.22. The van der Waals surface area contributed by atoms with Crippen molar-refractivity contribution in [2.75, 3.05) is 37.7 Å². The van der Waals surface area contributed by atoms with Crippen molar-refractivity contribution in [3.8, 4) is 0 Å². The number of aryl methyl sites for hydroxylation is 3.